The monoisotopic (exact) mass is 532 g/mol. The minimum atomic E-state index is -0.233. The molecule has 0 atom stereocenters. The number of hydrogen-bond acceptors (Lipinski definition) is 6. The molecule has 7 nitrogen and oxygen atoms in total. The number of nitrogens with one attached hydrogen (secondary N) is 2. The number of hydrogen-bond donors (Lipinski definition) is 3. The number of halogens is 1. The molecule has 198 valence electrons. The number of nitrogens with zero attached hydrogens (tertiary/aromatic N) is 3. The number of nitrogens with two attached hydrogens (primary N) is 1. The molecule has 38 heavy (non-hydrogen) atoms. The lowest BCUT2D eigenvalue weighted by molar-refractivity contribution is 0.0946. The zero-order valence-corrected chi connectivity index (χ0v) is 22.3. The second-order valence-corrected chi connectivity index (χ2v) is 10.5. The number of likely N-dealkylation sites (tertiary alicyclic amines) is 1. The highest BCUT2D eigenvalue weighted by atomic mass is 32.2. The number of thioether (sulfide) groups is 1. The normalized spacial score (nSPS) is 14.6. The number of carbonyl (C=O) groups excluding carboxylic acids is 1. The molecular formula is C29H33FN6OS. The Morgan fingerprint density at radius 2 is 1.87 bits per heavy atom. The summed E-state index contributed by atoms with van der Waals surface area (Å²) < 4.78 is 15.6. The molecule has 0 radical (unpaired) electrons. The van der Waals surface area contributed by atoms with E-state index >= 15 is 0 Å². The van der Waals surface area contributed by atoms with Crippen molar-refractivity contribution in [3.8, 4) is 0 Å². The van der Waals surface area contributed by atoms with E-state index in [1.807, 2.05) is 48.7 Å². The summed E-state index contributed by atoms with van der Waals surface area (Å²) in [7, 11) is 0. The third kappa shape index (κ3) is 6.11. The minimum Gasteiger partial charge on any atom is -0.398 e. The lowest BCUT2D eigenvalue weighted by Gasteiger charge is -2.32. The Morgan fingerprint density at radius 3 is 2.63 bits per heavy atom. The molecule has 0 aliphatic carbocycles. The maximum atomic E-state index is 13.4. The Hall–Kier alpha value is -3.56. The van der Waals surface area contributed by atoms with Crippen LogP contribution in [0.1, 0.15) is 28.8 Å². The van der Waals surface area contributed by atoms with Gasteiger partial charge in [-0.2, -0.15) is 0 Å². The Labute approximate surface area is 226 Å². The number of para-hydroxylation sites is 2. The van der Waals surface area contributed by atoms with Gasteiger partial charge in [-0.1, -0.05) is 24.3 Å². The first-order valence-electron chi connectivity index (χ1n) is 12.9. The van der Waals surface area contributed by atoms with E-state index in [-0.39, 0.29) is 11.7 Å². The lowest BCUT2D eigenvalue weighted by atomic mass is 10.1. The van der Waals surface area contributed by atoms with Gasteiger partial charge < -0.3 is 25.8 Å². The van der Waals surface area contributed by atoms with Crippen molar-refractivity contribution >= 4 is 40.3 Å². The number of anilines is 2. The van der Waals surface area contributed by atoms with Crippen LogP contribution in [0.15, 0.2) is 71.6 Å². The largest absolute Gasteiger partial charge is 0.398 e. The third-order valence-corrected chi connectivity index (χ3v) is 7.77. The topological polar surface area (TPSA) is 88.2 Å². The average molecular weight is 533 g/mol. The van der Waals surface area contributed by atoms with Gasteiger partial charge in [-0.15, -0.1) is 11.8 Å². The first-order chi connectivity index (χ1) is 18.5. The molecule has 1 aliphatic heterocycles. The SMILES string of the molecule is CSc1ccc(N)c(C(=O)NCCN2CCC(Nc3nc4ccccc4n3Cc3ccc(F)cc3)CC2)c1. The Balaban J connectivity index is 1.15. The quantitative estimate of drug-likeness (QED) is 0.211. The highest BCUT2D eigenvalue weighted by molar-refractivity contribution is 7.98. The van der Waals surface area contributed by atoms with E-state index in [1.54, 1.807) is 17.8 Å². The van der Waals surface area contributed by atoms with Gasteiger partial charge in [0.05, 0.1) is 23.1 Å². The van der Waals surface area contributed by atoms with Crippen LogP contribution in [0.4, 0.5) is 16.0 Å². The Kier molecular flexibility index (Phi) is 8.14. The van der Waals surface area contributed by atoms with Crippen molar-refractivity contribution in [2.24, 2.45) is 0 Å². The van der Waals surface area contributed by atoms with Gasteiger partial charge in [-0.05, 0) is 67.1 Å². The second-order valence-electron chi connectivity index (χ2n) is 9.61. The maximum absolute atomic E-state index is 13.4. The number of imidazole rings is 1. The van der Waals surface area contributed by atoms with Crippen molar-refractivity contribution < 1.29 is 9.18 Å². The van der Waals surface area contributed by atoms with Crippen molar-refractivity contribution in [3.05, 3.63) is 83.7 Å². The molecule has 1 amide bonds. The van der Waals surface area contributed by atoms with Crippen LogP contribution in [-0.4, -0.2) is 58.8 Å². The van der Waals surface area contributed by atoms with Gasteiger partial charge in [0.25, 0.3) is 5.91 Å². The number of fused-ring (bicyclic) bond motifs is 1. The van der Waals surface area contributed by atoms with Crippen molar-refractivity contribution in [1.82, 2.24) is 19.8 Å². The van der Waals surface area contributed by atoms with Crippen LogP contribution in [0.2, 0.25) is 0 Å². The van der Waals surface area contributed by atoms with Crippen molar-refractivity contribution in [1.29, 1.82) is 0 Å². The third-order valence-electron chi connectivity index (χ3n) is 7.05. The molecule has 4 N–H and O–H groups in total. The van der Waals surface area contributed by atoms with Crippen LogP contribution in [-0.2, 0) is 6.54 Å². The summed E-state index contributed by atoms with van der Waals surface area (Å²) in [5.41, 5.74) is 10.1. The van der Waals surface area contributed by atoms with Crippen molar-refractivity contribution in [2.45, 2.75) is 30.3 Å². The zero-order valence-electron chi connectivity index (χ0n) is 21.5. The molecule has 9 heteroatoms. The van der Waals surface area contributed by atoms with Gasteiger partial charge in [0, 0.05) is 42.8 Å². The fraction of sp³-hybridized carbons (Fsp3) is 0.310. The fourth-order valence-electron chi connectivity index (χ4n) is 4.88. The van der Waals surface area contributed by atoms with E-state index in [0.29, 0.717) is 30.4 Å². The van der Waals surface area contributed by atoms with Gasteiger partial charge in [0.1, 0.15) is 5.82 Å². The molecule has 1 fully saturated rings. The molecule has 0 unspecified atom stereocenters. The van der Waals surface area contributed by atoms with E-state index < -0.39 is 0 Å². The summed E-state index contributed by atoms with van der Waals surface area (Å²) in [4.78, 5) is 20.9. The summed E-state index contributed by atoms with van der Waals surface area (Å²) in [5.74, 6) is 0.476. The molecule has 0 spiro atoms. The summed E-state index contributed by atoms with van der Waals surface area (Å²) in [6.07, 6.45) is 3.94. The smallest absolute Gasteiger partial charge is 0.253 e. The Bertz CT molecular complexity index is 1400. The number of aromatic nitrogens is 2. The number of benzene rings is 3. The van der Waals surface area contributed by atoms with Gasteiger partial charge in [0.2, 0.25) is 5.95 Å². The molecule has 1 aromatic heterocycles. The van der Waals surface area contributed by atoms with E-state index in [1.165, 1.54) is 12.1 Å². The first kappa shape index (κ1) is 26.1. The predicted octanol–water partition coefficient (Wildman–Crippen LogP) is 4.83. The van der Waals surface area contributed by atoms with Gasteiger partial charge in [-0.3, -0.25) is 4.79 Å². The molecule has 1 saturated heterocycles. The van der Waals surface area contributed by atoms with Gasteiger partial charge in [-0.25, -0.2) is 9.37 Å². The second kappa shape index (κ2) is 11.9. The number of rotatable bonds is 9. The van der Waals surface area contributed by atoms with Crippen molar-refractivity contribution in [3.63, 3.8) is 0 Å². The van der Waals surface area contributed by atoms with Gasteiger partial charge >= 0.3 is 0 Å². The van der Waals surface area contributed by atoms with Crippen LogP contribution in [0, 0.1) is 5.82 Å². The minimum absolute atomic E-state index is 0.130. The molecule has 3 aromatic carbocycles. The average Bonchev–Trinajstić information content (AvgIpc) is 3.27. The molecule has 1 aliphatic rings. The highest BCUT2D eigenvalue weighted by Gasteiger charge is 2.22. The number of piperidine rings is 1. The van der Waals surface area contributed by atoms with Crippen LogP contribution < -0.4 is 16.4 Å². The summed E-state index contributed by atoms with van der Waals surface area (Å²) in [5, 5.41) is 6.69. The van der Waals surface area contributed by atoms with Crippen LogP contribution in [0.3, 0.4) is 0 Å². The highest BCUT2D eigenvalue weighted by Crippen LogP contribution is 2.24. The predicted molar refractivity (Wildman–Crippen MR) is 153 cm³/mol. The Morgan fingerprint density at radius 1 is 1.11 bits per heavy atom. The first-order valence-corrected chi connectivity index (χ1v) is 14.1. The maximum Gasteiger partial charge on any atom is 0.253 e. The van der Waals surface area contributed by atoms with Crippen LogP contribution in [0.5, 0.6) is 0 Å². The number of nitrogen functional groups attached to an aromatic ring is 1. The standard InChI is InChI=1S/C29H33FN6OS/c1-38-23-10-11-25(31)24(18-23)28(37)32-14-17-35-15-12-22(13-16-35)33-29-34-26-4-2-3-5-27(26)36(29)19-20-6-8-21(30)9-7-20/h2-11,18,22H,12-17,19,31H2,1H3,(H,32,37)(H,33,34). The summed E-state index contributed by atoms with van der Waals surface area (Å²) in [6.45, 7) is 3.87. The summed E-state index contributed by atoms with van der Waals surface area (Å²) >= 11 is 1.59. The van der Waals surface area contributed by atoms with E-state index in [2.05, 4.69) is 26.2 Å². The molecular weight excluding hydrogens is 499 g/mol. The van der Waals surface area contributed by atoms with Crippen molar-refractivity contribution in [2.75, 3.05) is 43.5 Å². The molecule has 0 saturated carbocycles. The number of amides is 1. The molecule has 2 heterocycles. The van der Waals surface area contributed by atoms with E-state index in [4.69, 9.17) is 10.7 Å². The fourth-order valence-corrected chi connectivity index (χ4v) is 5.32. The summed E-state index contributed by atoms with van der Waals surface area (Å²) in [6, 6.07) is 20.6. The molecule has 4 aromatic rings. The number of carbonyl (C=O) groups is 1. The van der Waals surface area contributed by atoms with Gasteiger partial charge in [0.15, 0.2) is 0 Å². The molecule has 5 rings (SSSR count). The van der Waals surface area contributed by atoms with E-state index in [9.17, 15) is 9.18 Å². The zero-order chi connectivity index (χ0) is 26.5. The molecule has 0 bridgehead atoms. The lowest BCUT2D eigenvalue weighted by Crippen LogP contribution is -2.43. The van der Waals surface area contributed by atoms with Crippen LogP contribution >= 0.6 is 11.8 Å². The van der Waals surface area contributed by atoms with E-state index in [0.717, 1.165) is 59.9 Å². The van der Waals surface area contributed by atoms with Crippen LogP contribution in [0.25, 0.3) is 11.0 Å².